The second-order valence-electron chi connectivity index (χ2n) is 5.99. The van der Waals surface area contributed by atoms with Crippen LogP contribution in [0.5, 0.6) is 5.75 Å². The molecule has 1 unspecified atom stereocenters. The molecule has 4 heteroatoms. The average Bonchev–Trinajstić information content (AvgIpc) is 3.09. The van der Waals surface area contributed by atoms with E-state index in [2.05, 4.69) is 0 Å². The molecule has 2 aliphatic heterocycles. The van der Waals surface area contributed by atoms with Crippen molar-refractivity contribution in [2.45, 2.75) is 19.3 Å². The number of ether oxygens (including phenoxy) is 2. The number of carbonyl (C=O) groups excluding carboxylic acids is 1. The lowest BCUT2D eigenvalue weighted by molar-refractivity contribution is 0.0648. The predicted molar refractivity (Wildman–Crippen MR) is 80.5 cm³/mol. The number of methoxy groups -OCH3 is 1. The van der Waals surface area contributed by atoms with Gasteiger partial charge < -0.3 is 14.4 Å². The smallest absolute Gasteiger partial charge is 0.253 e. The summed E-state index contributed by atoms with van der Waals surface area (Å²) < 4.78 is 10.7. The van der Waals surface area contributed by atoms with Gasteiger partial charge in [-0.2, -0.15) is 0 Å². The molecule has 2 aliphatic rings. The Labute approximate surface area is 126 Å². The molecule has 114 valence electrons. The number of likely N-dealkylation sites (tertiary alicyclic amines) is 1. The molecule has 3 rings (SSSR count). The van der Waals surface area contributed by atoms with E-state index in [1.165, 1.54) is 6.42 Å². The van der Waals surface area contributed by atoms with E-state index in [0.717, 1.165) is 56.4 Å². The fraction of sp³-hybridized carbons (Fsp3) is 0.588. The van der Waals surface area contributed by atoms with Gasteiger partial charge in [-0.3, -0.25) is 4.79 Å². The summed E-state index contributed by atoms with van der Waals surface area (Å²) >= 11 is 0. The van der Waals surface area contributed by atoms with Gasteiger partial charge in [0.15, 0.2) is 0 Å². The maximum atomic E-state index is 12.5. The van der Waals surface area contributed by atoms with Crippen LogP contribution in [-0.4, -0.2) is 44.2 Å². The van der Waals surface area contributed by atoms with Crippen LogP contribution in [0.4, 0.5) is 0 Å². The summed E-state index contributed by atoms with van der Waals surface area (Å²) in [6, 6.07) is 7.42. The van der Waals surface area contributed by atoms with Crippen molar-refractivity contribution in [1.82, 2.24) is 4.90 Å². The van der Waals surface area contributed by atoms with E-state index in [4.69, 9.17) is 9.47 Å². The zero-order valence-corrected chi connectivity index (χ0v) is 12.6. The van der Waals surface area contributed by atoms with E-state index in [9.17, 15) is 4.79 Å². The van der Waals surface area contributed by atoms with Gasteiger partial charge in [0.25, 0.3) is 5.91 Å². The Bertz CT molecular complexity index is 489. The highest BCUT2D eigenvalue weighted by Crippen LogP contribution is 2.31. The van der Waals surface area contributed by atoms with Crippen molar-refractivity contribution in [2.24, 2.45) is 11.8 Å². The maximum Gasteiger partial charge on any atom is 0.253 e. The van der Waals surface area contributed by atoms with Gasteiger partial charge in [0.05, 0.1) is 7.11 Å². The van der Waals surface area contributed by atoms with E-state index >= 15 is 0 Å². The van der Waals surface area contributed by atoms with Crippen LogP contribution >= 0.6 is 0 Å². The molecule has 1 aromatic carbocycles. The van der Waals surface area contributed by atoms with Crippen LogP contribution in [0, 0.1) is 11.8 Å². The van der Waals surface area contributed by atoms with Crippen LogP contribution in [0.1, 0.15) is 29.6 Å². The van der Waals surface area contributed by atoms with Crippen LogP contribution in [0.15, 0.2) is 24.3 Å². The molecule has 21 heavy (non-hydrogen) atoms. The first-order chi connectivity index (χ1) is 10.3. The van der Waals surface area contributed by atoms with Crippen molar-refractivity contribution in [3.63, 3.8) is 0 Å². The van der Waals surface area contributed by atoms with E-state index in [1.54, 1.807) is 7.11 Å². The number of benzene rings is 1. The number of amides is 1. The Morgan fingerprint density at radius 2 is 2.05 bits per heavy atom. The largest absolute Gasteiger partial charge is 0.497 e. The molecule has 2 saturated heterocycles. The molecule has 0 aromatic heterocycles. The Morgan fingerprint density at radius 1 is 1.24 bits per heavy atom. The minimum atomic E-state index is 0.120. The summed E-state index contributed by atoms with van der Waals surface area (Å²) in [7, 11) is 1.62. The monoisotopic (exact) mass is 289 g/mol. The third-order valence-corrected chi connectivity index (χ3v) is 4.78. The highest BCUT2D eigenvalue weighted by atomic mass is 16.5. The topological polar surface area (TPSA) is 38.8 Å². The van der Waals surface area contributed by atoms with Crippen molar-refractivity contribution < 1.29 is 14.3 Å². The fourth-order valence-electron chi connectivity index (χ4n) is 3.44. The molecule has 1 amide bonds. The van der Waals surface area contributed by atoms with Gasteiger partial charge in [-0.1, -0.05) is 6.07 Å². The quantitative estimate of drug-likeness (QED) is 0.858. The lowest BCUT2D eigenvalue weighted by Gasteiger charge is -2.34. The highest BCUT2D eigenvalue weighted by Gasteiger charge is 2.30. The Morgan fingerprint density at radius 3 is 2.71 bits per heavy atom. The van der Waals surface area contributed by atoms with Crippen molar-refractivity contribution in [3.8, 4) is 5.75 Å². The van der Waals surface area contributed by atoms with E-state index in [-0.39, 0.29) is 5.91 Å². The molecule has 2 heterocycles. The second-order valence-corrected chi connectivity index (χ2v) is 5.99. The zero-order valence-electron chi connectivity index (χ0n) is 12.6. The predicted octanol–water partition coefficient (Wildman–Crippen LogP) is 2.58. The standard InChI is InChI=1S/C17H23NO3/c1-20-16-4-2-3-14(11-16)17(19)18-8-5-13(6-9-18)15-7-10-21-12-15/h2-4,11,13,15H,5-10,12H2,1H3. The molecule has 0 radical (unpaired) electrons. The van der Waals surface area contributed by atoms with Gasteiger partial charge in [-0.25, -0.2) is 0 Å². The molecule has 2 fully saturated rings. The van der Waals surface area contributed by atoms with Crippen molar-refractivity contribution >= 4 is 5.91 Å². The number of nitrogens with zero attached hydrogens (tertiary/aromatic N) is 1. The molecular weight excluding hydrogens is 266 g/mol. The Hall–Kier alpha value is -1.55. The molecule has 0 N–H and O–H groups in total. The van der Waals surface area contributed by atoms with Crippen LogP contribution in [0.3, 0.4) is 0 Å². The summed E-state index contributed by atoms with van der Waals surface area (Å²) in [6.45, 7) is 3.54. The summed E-state index contributed by atoms with van der Waals surface area (Å²) in [5, 5.41) is 0. The molecule has 0 bridgehead atoms. The van der Waals surface area contributed by atoms with Crippen molar-refractivity contribution in [2.75, 3.05) is 33.4 Å². The molecular formula is C17H23NO3. The number of carbonyl (C=O) groups is 1. The zero-order chi connectivity index (χ0) is 14.7. The van der Waals surface area contributed by atoms with Gasteiger partial charge in [0.2, 0.25) is 0 Å². The number of hydrogen-bond acceptors (Lipinski definition) is 3. The van der Waals surface area contributed by atoms with E-state index < -0.39 is 0 Å². The molecule has 0 spiro atoms. The lowest BCUT2D eigenvalue weighted by Crippen LogP contribution is -2.40. The van der Waals surface area contributed by atoms with Crippen LogP contribution in [0.25, 0.3) is 0 Å². The summed E-state index contributed by atoms with van der Waals surface area (Å²) in [5.41, 5.74) is 0.719. The fourth-order valence-corrected chi connectivity index (χ4v) is 3.44. The molecule has 0 saturated carbocycles. The van der Waals surface area contributed by atoms with Gasteiger partial charge in [-0.15, -0.1) is 0 Å². The normalized spacial score (nSPS) is 23.3. The van der Waals surface area contributed by atoms with Crippen LogP contribution < -0.4 is 4.74 Å². The third-order valence-electron chi connectivity index (χ3n) is 4.78. The SMILES string of the molecule is COc1cccc(C(=O)N2CCC(C3CCOC3)CC2)c1. The molecule has 0 aliphatic carbocycles. The minimum absolute atomic E-state index is 0.120. The molecule has 4 nitrogen and oxygen atoms in total. The first-order valence-electron chi connectivity index (χ1n) is 7.79. The van der Waals surface area contributed by atoms with Gasteiger partial charge >= 0.3 is 0 Å². The lowest BCUT2D eigenvalue weighted by atomic mass is 9.84. The summed E-state index contributed by atoms with van der Waals surface area (Å²) in [4.78, 5) is 14.5. The van der Waals surface area contributed by atoms with Crippen molar-refractivity contribution in [1.29, 1.82) is 0 Å². The highest BCUT2D eigenvalue weighted by molar-refractivity contribution is 5.94. The number of hydrogen-bond donors (Lipinski definition) is 0. The first kappa shape index (κ1) is 14.4. The maximum absolute atomic E-state index is 12.5. The summed E-state index contributed by atoms with van der Waals surface area (Å²) in [6.07, 6.45) is 3.39. The number of piperidine rings is 1. The van der Waals surface area contributed by atoms with Gasteiger partial charge in [-0.05, 0) is 49.3 Å². The van der Waals surface area contributed by atoms with Crippen LogP contribution in [0.2, 0.25) is 0 Å². The second kappa shape index (κ2) is 6.48. The minimum Gasteiger partial charge on any atom is -0.497 e. The van der Waals surface area contributed by atoms with Gasteiger partial charge in [0, 0.05) is 31.9 Å². The summed E-state index contributed by atoms with van der Waals surface area (Å²) in [5.74, 6) is 2.29. The molecule has 1 aromatic rings. The third kappa shape index (κ3) is 3.21. The Kier molecular flexibility index (Phi) is 4.44. The van der Waals surface area contributed by atoms with Crippen LogP contribution in [-0.2, 0) is 4.74 Å². The van der Waals surface area contributed by atoms with E-state index in [0.29, 0.717) is 5.92 Å². The van der Waals surface area contributed by atoms with Gasteiger partial charge in [0.1, 0.15) is 5.75 Å². The number of rotatable bonds is 3. The average molecular weight is 289 g/mol. The van der Waals surface area contributed by atoms with E-state index in [1.807, 2.05) is 29.2 Å². The molecule has 1 atom stereocenters. The first-order valence-corrected chi connectivity index (χ1v) is 7.79. The Balaban J connectivity index is 1.59. The van der Waals surface area contributed by atoms with Crippen molar-refractivity contribution in [3.05, 3.63) is 29.8 Å².